The van der Waals surface area contributed by atoms with E-state index < -0.39 is 9.84 Å². The molecule has 0 radical (unpaired) electrons. The van der Waals surface area contributed by atoms with Crippen LogP contribution in [0.25, 0.3) is 32.6 Å². The lowest BCUT2D eigenvalue weighted by atomic mass is 10.00. The zero-order valence-electron chi connectivity index (χ0n) is 18.3. The molecule has 5 aromatic rings. The first kappa shape index (κ1) is 22.6. The molecule has 3 aromatic carbocycles. The maximum absolute atomic E-state index is 13.4. The molecule has 2 N–H and O–H groups in total. The van der Waals surface area contributed by atoms with Crippen molar-refractivity contribution in [3.63, 3.8) is 0 Å². The van der Waals surface area contributed by atoms with E-state index in [-0.39, 0.29) is 15.6 Å². The highest BCUT2D eigenvalue weighted by molar-refractivity contribution is 7.93. The minimum absolute atomic E-state index is 0.142. The Balaban J connectivity index is 1.70. The van der Waals surface area contributed by atoms with Gasteiger partial charge in [0.15, 0.2) is 9.84 Å². The van der Waals surface area contributed by atoms with E-state index in [1.165, 1.54) is 0 Å². The predicted molar refractivity (Wildman–Crippen MR) is 142 cm³/mol. The summed E-state index contributed by atoms with van der Waals surface area (Å²) in [6.07, 6.45) is 0. The van der Waals surface area contributed by atoms with Crippen molar-refractivity contribution in [2.24, 2.45) is 0 Å². The molecule has 0 aliphatic carbocycles. The molecular weight excluding hydrogens is 484 g/mol. The van der Waals surface area contributed by atoms with Crippen molar-refractivity contribution in [2.45, 2.75) is 16.9 Å². The van der Waals surface area contributed by atoms with Crippen LogP contribution in [0.1, 0.15) is 11.1 Å². The minimum Gasteiger partial charge on any atom is -0.396 e. The van der Waals surface area contributed by atoms with E-state index in [2.05, 4.69) is 0 Å². The van der Waals surface area contributed by atoms with Crippen LogP contribution in [0.4, 0.5) is 5.69 Å². The molecule has 4 nitrogen and oxygen atoms in total. The van der Waals surface area contributed by atoms with Crippen LogP contribution in [0.15, 0.2) is 89.1 Å². The largest absolute Gasteiger partial charge is 0.396 e. The smallest absolute Gasteiger partial charge is 0.194 e. The van der Waals surface area contributed by atoms with E-state index >= 15 is 0 Å². The maximum Gasteiger partial charge on any atom is 0.194 e. The molecule has 2 aromatic heterocycles. The van der Waals surface area contributed by atoms with Crippen LogP contribution >= 0.6 is 22.9 Å². The van der Waals surface area contributed by atoms with Crippen LogP contribution in [0.3, 0.4) is 0 Å². The Morgan fingerprint density at radius 2 is 1.59 bits per heavy atom. The van der Waals surface area contributed by atoms with Crippen LogP contribution in [0, 0.1) is 6.92 Å². The molecule has 2 heterocycles. The quantitative estimate of drug-likeness (QED) is 0.276. The third-order valence-electron chi connectivity index (χ3n) is 5.65. The predicted octanol–water partition coefficient (Wildman–Crippen LogP) is 7.15. The minimum atomic E-state index is -3.69. The number of hydrogen-bond donors (Lipinski definition) is 1. The van der Waals surface area contributed by atoms with Gasteiger partial charge in [0.25, 0.3) is 0 Å². The molecule has 0 unspecified atom stereocenters. The van der Waals surface area contributed by atoms with Gasteiger partial charge in [0.1, 0.15) is 9.04 Å². The summed E-state index contributed by atoms with van der Waals surface area (Å²) in [4.78, 5) is 5.43. The standard InChI is InChI=1S/C27H21ClN2O2S2/c1-17-7-11-20(12-8-17)23-15-22(19-5-3-2-4-6-19)24-25(29)27(33-26(24)30-23)34(31,32)16-18-9-13-21(28)14-10-18/h2-15H,16,29H2,1H3. The Bertz CT molecular complexity index is 1590. The number of aryl methyl sites for hydroxylation is 1. The number of halogens is 1. The molecule has 0 saturated carbocycles. The van der Waals surface area contributed by atoms with Gasteiger partial charge in [-0.2, -0.15) is 0 Å². The van der Waals surface area contributed by atoms with Crippen LogP contribution in [-0.4, -0.2) is 13.4 Å². The number of aromatic nitrogens is 1. The summed E-state index contributed by atoms with van der Waals surface area (Å²) in [5.74, 6) is -0.160. The third kappa shape index (κ3) is 4.32. The highest BCUT2D eigenvalue weighted by Gasteiger charge is 2.26. The van der Waals surface area contributed by atoms with Crippen molar-refractivity contribution in [3.8, 4) is 22.4 Å². The van der Waals surface area contributed by atoms with Gasteiger partial charge >= 0.3 is 0 Å². The fraction of sp³-hybridized carbons (Fsp3) is 0.0741. The van der Waals surface area contributed by atoms with Crippen molar-refractivity contribution in [3.05, 3.63) is 101 Å². The summed E-state index contributed by atoms with van der Waals surface area (Å²) in [7, 11) is -3.69. The number of nitrogens with zero attached hydrogens (tertiary/aromatic N) is 1. The summed E-state index contributed by atoms with van der Waals surface area (Å²) in [5.41, 5.74) is 12.1. The summed E-state index contributed by atoms with van der Waals surface area (Å²) in [5, 5.41) is 1.23. The lowest BCUT2D eigenvalue weighted by Crippen LogP contribution is -2.05. The van der Waals surface area contributed by atoms with Gasteiger partial charge in [-0.3, -0.25) is 0 Å². The number of benzene rings is 3. The topological polar surface area (TPSA) is 73.1 Å². The number of rotatable bonds is 5. The molecule has 0 spiro atoms. The Morgan fingerprint density at radius 3 is 2.26 bits per heavy atom. The summed E-state index contributed by atoms with van der Waals surface area (Å²) in [6, 6.07) is 26.7. The highest BCUT2D eigenvalue weighted by Crippen LogP contribution is 2.44. The number of nitrogens with two attached hydrogens (primary N) is 1. The van der Waals surface area contributed by atoms with Crippen LogP contribution in [-0.2, 0) is 15.6 Å². The Morgan fingerprint density at radius 1 is 0.912 bits per heavy atom. The number of anilines is 1. The summed E-state index contributed by atoms with van der Waals surface area (Å²) >= 11 is 7.08. The molecule has 7 heteroatoms. The van der Waals surface area contributed by atoms with Crippen LogP contribution in [0.2, 0.25) is 5.02 Å². The average Bonchev–Trinajstić information content (AvgIpc) is 3.18. The van der Waals surface area contributed by atoms with Crippen molar-refractivity contribution < 1.29 is 8.42 Å². The molecule has 34 heavy (non-hydrogen) atoms. The first-order valence-electron chi connectivity index (χ1n) is 10.6. The second-order valence-corrected chi connectivity index (χ2v) is 11.8. The molecule has 0 amide bonds. The zero-order valence-corrected chi connectivity index (χ0v) is 20.7. The Kier molecular flexibility index (Phi) is 5.90. The van der Waals surface area contributed by atoms with Crippen LogP contribution in [0.5, 0.6) is 0 Å². The highest BCUT2D eigenvalue weighted by atomic mass is 35.5. The molecule has 0 aliphatic heterocycles. The number of hydrogen-bond acceptors (Lipinski definition) is 5. The van der Waals surface area contributed by atoms with Crippen LogP contribution < -0.4 is 5.73 Å². The van der Waals surface area contributed by atoms with E-state index in [0.717, 1.165) is 39.3 Å². The first-order valence-corrected chi connectivity index (χ1v) is 13.5. The number of sulfone groups is 1. The SMILES string of the molecule is Cc1ccc(-c2cc(-c3ccccc3)c3c(N)c(S(=O)(=O)Cc4ccc(Cl)cc4)sc3n2)cc1. The van der Waals surface area contributed by atoms with E-state index in [9.17, 15) is 8.42 Å². The fourth-order valence-electron chi connectivity index (χ4n) is 3.91. The van der Waals surface area contributed by atoms with Crippen molar-refractivity contribution in [2.75, 3.05) is 5.73 Å². The van der Waals surface area contributed by atoms with Crippen molar-refractivity contribution >= 4 is 48.7 Å². The third-order valence-corrected chi connectivity index (χ3v) is 9.31. The summed E-state index contributed by atoms with van der Waals surface area (Å²) in [6.45, 7) is 2.04. The Hall–Kier alpha value is -3.19. The van der Waals surface area contributed by atoms with E-state index in [4.69, 9.17) is 22.3 Å². The molecule has 170 valence electrons. The number of nitrogen functional groups attached to an aromatic ring is 1. The second kappa shape index (κ2) is 8.87. The Labute approximate surface area is 207 Å². The molecule has 0 saturated heterocycles. The van der Waals surface area contributed by atoms with Gasteiger partial charge in [0, 0.05) is 16.0 Å². The molecule has 0 bridgehead atoms. The lowest BCUT2D eigenvalue weighted by Gasteiger charge is -2.09. The first-order chi connectivity index (χ1) is 16.3. The maximum atomic E-state index is 13.4. The molecule has 5 rings (SSSR count). The number of thiophene rings is 1. The van der Waals surface area contributed by atoms with Gasteiger partial charge in [-0.15, -0.1) is 11.3 Å². The van der Waals surface area contributed by atoms with Gasteiger partial charge in [0.2, 0.25) is 0 Å². The average molecular weight is 505 g/mol. The van der Waals surface area contributed by atoms with Gasteiger partial charge in [0.05, 0.1) is 17.1 Å². The normalized spacial score (nSPS) is 11.7. The lowest BCUT2D eigenvalue weighted by molar-refractivity contribution is 0.597. The second-order valence-electron chi connectivity index (χ2n) is 8.16. The van der Waals surface area contributed by atoms with Gasteiger partial charge in [-0.05, 0) is 41.8 Å². The zero-order chi connectivity index (χ0) is 23.9. The summed E-state index contributed by atoms with van der Waals surface area (Å²) < 4.78 is 26.9. The monoisotopic (exact) mass is 504 g/mol. The van der Waals surface area contributed by atoms with Crippen molar-refractivity contribution in [1.29, 1.82) is 0 Å². The molecule has 0 aliphatic rings. The van der Waals surface area contributed by atoms with E-state index in [1.807, 2.05) is 67.6 Å². The van der Waals surface area contributed by atoms with Gasteiger partial charge in [-0.25, -0.2) is 13.4 Å². The number of pyridine rings is 1. The van der Waals surface area contributed by atoms with Gasteiger partial charge in [-0.1, -0.05) is 83.9 Å². The van der Waals surface area contributed by atoms with E-state index in [0.29, 0.717) is 20.8 Å². The van der Waals surface area contributed by atoms with Crippen molar-refractivity contribution in [1.82, 2.24) is 4.98 Å². The fourth-order valence-corrected chi connectivity index (χ4v) is 7.02. The molecule has 0 atom stereocenters. The molecule has 0 fully saturated rings. The molecular formula is C27H21ClN2O2S2. The van der Waals surface area contributed by atoms with E-state index in [1.54, 1.807) is 24.3 Å². The van der Waals surface area contributed by atoms with Gasteiger partial charge < -0.3 is 5.73 Å². The number of fused-ring (bicyclic) bond motifs is 1.